The first kappa shape index (κ1) is 11.2. The normalized spacial score (nSPS) is 12.1. The van der Waals surface area contributed by atoms with Crippen LogP contribution >= 0.6 is 0 Å². The molecule has 0 aliphatic carbocycles. The van der Waals surface area contributed by atoms with E-state index in [1.165, 1.54) is 6.92 Å². The van der Waals surface area contributed by atoms with E-state index in [9.17, 15) is 9.59 Å². The molecular formula is C9H13N3O3. The van der Waals surface area contributed by atoms with Gasteiger partial charge in [-0.25, -0.2) is 0 Å². The first-order chi connectivity index (χ1) is 7.09. The molecule has 1 aromatic rings. The number of carbonyl (C=O) groups excluding carboxylic acids is 1. The van der Waals surface area contributed by atoms with E-state index < -0.39 is 12.0 Å². The second-order valence-corrected chi connectivity index (χ2v) is 3.15. The molecule has 0 unspecified atom stereocenters. The molecule has 2 N–H and O–H groups in total. The van der Waals surface area contributed by atoms with Gasteiger partial charge in [-0.2, -0.15) is 5.10 Å². The van der Waals surface area contributed by atoms with Crippen molar-refractivity contribution in [2.45, 2.75) is 25.9 Å². The van der Waals surface area contributed by atoms with Crippen LogP contribution in [0.15, 0.2) is 18.5 Å². The van der Waals surface area contributed by atoms with Gasteiger partial charge in [0.1, 0.15) is 6.04 Å². The summed E-state index contributed by atoms with van der Waals surface area (Å²) in [5, 5.41) is 14.8. The Morgan fingerprint density at radius 3 is 2.87 bits per heavy atom. The van der Waals surface area contributed by atoms with Gasteiger partial charge in [0.15, 0.2) is 0 Å². The van der Waals surface area contributed by atoms with E-state index in [-0.39, 0.29) is 12.3 Å². The van der Waals surface area contributed by atoms with Crippen molar-refractivity contribution >= 4 is 11.9 Å². The molecule has 1 aromatic heterocycles. The summed E-state index contributed by atoms with van der Waals surface area (Å²) in [5.74, 6) is -1.33. The van der Waals surface area contributed by atoms with Crippen LogP contribution in [0.2, 0.25) is 0 Å². The predicted octanol–water partition coefficient (Wildman–Crippen LogP) is -0.138. The van der Waals surface area contributed by atoms with Crippen molar-refractivity contribution in [1.29, 1.82) is 0 Å². The maximum Gasteiger partial charge on any atom is 0.325 e. The molecule has 0 spiro atoms. The van der Waals surface area contributed by atoms with Crippen molar-refractivity contribution in [3.63, 3.8) is 0 Å². The number of rotatable bonds is 5. The molecule has 0 aliphatic rings. The van der Waals surface area contributed by atoms with Gasteiger partial charge in [-0.15, -0.1) is 0 Å². The molecule has 0 aromatic carbocycles. The van der Waals surface area contributed by atoms with Crippen LogP contribution in [-0.4, -0.2) is 32.8 Å². The Bertz CT molecular complexity index is 334. The van der Waals surface area contributed by atoms with Crippen molar-refractivity contribution in [2.24, 2.45) is 0 Å². The van der Waals surface area contributed by atoms with Gasteiger partial charge in [-0.1, -0.05) is 0 Å². The summed E-state index contributed by atoms with van der Waals surface area (Å²) in [6.07, 6.45) is 3.59. The van der Waals surface area contributed by atoms with Gasteiger partial charge in [0.2, 0.25) is 5.91 Å². The summed E-state index contributed by atoms with van der Waals surface area (Å²) in [6.45, 7) is 1.87. The van der Waals surface area contributed by atoms with E-state index in [2.05, 4.69) is 10.4 Å². The third-order valence-corrected chi connectivity index (χ3v) is 1.88. The number of nitrogens with one attached hydrogen (secondary N) is 1. The zero-order valence-corrected chi connectivity index (χ0v) is 8.38. The van der Waals surface area contributed by atoms with Gasteiger partial charge < -0.3 is 10.4 Å². The van der Waals surface area contributed by atoms with Crippen molar-refractivity contribution in [3.05, 3.63) is 18.5 Å². The van der Waals surface area contributed by atoms with Crippen LogP contribution in [0.5, 0.6) is 0 Å². The molecule has 0 fully saturated rings. The molecule has 1 amide bonds. The van der Waals surface area contributed by atoms with Crippen LogP contribution in [-0.2, 0) is 16.1 Å². The van der Waals surface area contributed by atoms with Gasteiger partial charge in [0.25, 0.3) is 0 Å². The first-order valence-electron chi connectivity index (χ1n) is 4.59. The fraction of sp³-hybridized carbons (Fsp3) is 0.444. The molecule has 6 heteroatoms. The second-order valence-electron chi connectivity index (χ2n) is 3.15. The average molecular weight is 211 g/mol. The van der Waals surface area contributed by atoms with Crippen molar-refractivity contribution < 1.29 is 14.7 Å². The maximum atomic E-state index is 11.2. The molecule has 1 heterocycles. The summed E-state index contributed by atoms with van der Waals surface area (Å²) in [6, 6.07) is 0.910. The number of hydrogen-bond donors (Lipinski definition) is 2. The Morgan fingerprint density at radius 1 is 1.60 bits per heavy atom. The predicted molar refractivity (Wildman–Crippen MR) is 52.1 cm³/mol. The average Bonchev–Trinajstić information content (AvgIpc) is 2.66. The van der Waals surface area contributed by atoms with E-state index in [1.807, 2.05) is 0 Å². The SMILES string of the molecule is C[C@@H](NC(=O)CCn1cccn1)C(=O)O. The molecule has 0 radical (unpaired) electrons. The Balaban J connectivity index is 2.28. The van der Waals surface area contributed by atoms with Gasteiger partial charge >= 0.3 is 5.97 Å². The van der Waals surface area contributed by atoms with E-state index in [0.29, 0.717) is 6.54 Å². The zero-order chi connectivity index (χ0) is 11.3. The van der Waals surface area contributed by atoms with Crippen molar-refractivity contribution in [1.82, 2.24) is 15.1 Å². The highest BCUT2D eigenvalue weighted by Gasteiger charge is 2.13. The first-order valence-corrected chi connectivity index (χ1v) is 4.59. The number of amides is 1. The number of carboxylic acid groups (broad SMARTS) is 1. The van der Waals surface area contributed by atoms with Crippen LogP contribution < -0.4 is 5.32 Å². The maximum absolute atomic E-state index is 11.2. The molecule has 1 atom stereocenters. The molecule has 0 aliphatic heterocycles. The molecule has 6 nitrogen and oxygen atoms in total. The number of carboxylic acids is 1. The summed E-state index contributed by atoms with van der Waals surface area (Å²) < 4.78 is 1.62. The molecule has 82 valence electrons. The van der Waals surface area contributed by atoms with Gasteiger partial charge in [0, 0.05) is 25.4 Å². The number of aliphatic carboxylic acids is 1. The van der Waals surface area contributed by atoms with Gasteiger partial charge in [-0.3, -0.25) is 14.3 Å². The van der Waals surface area contributed by atoms with Crippen molar-refractivity contribution in [2.75, 3.05) is 0 Å². The minimum atomic E-state index is -1.04. The van der Waals surface area contributed by atoms with Crippen LogP contribution in [0.3, 0.4) is 0 Å². The Labute approximate surface area is 86.9 Å². The minimum absolute atomic E-state index is 0.222. The van der Waals surface area contributed by atoms with Gasteiger partial charge in [0.05, 0.1) is 0 Å². The van der Waals surface area contributed by atoms with E-state index in [0.717, 1.165) is 0 Å². The van der Waals surface area contributed by atoms with Crippen LogP contribution in [0.4, 0.5) is 0 Å². The van der Waals surface area contributed by atoms with Crippen LogP contribution in [0, 0.1) is 0 Å². The quantitative estimate of drug-likeness (QED) is 0.710. The largest absolute Gasteiger partial charge is 0.480 e. The van der Waals surface area contributed by atoms with Crippen molar-refractivity contribution in [3.8, 4) is 0 Å². The summed E-state index contributed by atoms with van der Waals surface area (Å²) in [5.41, 5.74) is 0. The lowest BCUT2D eigenvalue weighted by Gasteiger charge is -2.08. The highest BCUT2D eigenvalue weighted by molar-refractivity contribution is 5.83. The second kappa shape index (κ2) is 5.14. The number of aromatic nitrogens is 2. The van der Waals surface area contributed by atoms with Crippen LogP contribution in [0.1, 0.15) is 13.3 Å². The zero-order valence-electron chi connectivity index (χ0n) is 8.38. The molecule has 0 bridgehead atoms. The van der Waals surface area contributed by atoms with E-state index in [1.54, 1.807) is 23.1 Å². The van der Waals surface area contributed by atoms with Crippen LogP contribution in [0.25, 0.3) is 0 Å². The number of nitrogens with zero attached hydrogens (tertiary/aromatic N) is 2. The topological polar surface area (TPSA) is 84.2 Å². The lowest BCUT2D eigenvalue weighted by atomic mass is 10.3. The summed E-state index contributed by atoms with van der Waals surface area (Å²) in [7, 11) is 0. The third-order valence-electron chi connectivity index (χ3n) is 1.88. The standard InChI is InChI=1S/C9H13N3O3/c1-7(9(14)15)11-8(13)3-6-12-5-2-4-10-12/h2,4-5,7H,3,6H2,1H3,(H,11,13)(H,14,15)/t7-/m1/s1. The highest BCUT2D eigenvalue weighted by Crippen LogP contribution is 1.91. The third kappa shape index (κ3) is 3.80. The fourth-order valence-corrected chi connectivity index (χ4v) is 1.02. The highest BCUT2D eigenvalue weighted by atomic mass is 16.4. The minimum Gasteiger partial charge on any atom is -0.480 e. The summed E-state index contributed by atoms with van der Waals surface area (Å²) >= 11 is 0. The fourth-order valence-electron chi connectivity index (χ4n) is 1.02. The van der Waals surface area contributed by atoms with E-state index in [4.69, 9.17) is 5.11 Å². The molecule has 1 rings (SSSR count). The Kier molecular flexibility index (Phi) is 3.84. The molecular weight excluding hydrogens is 198 g/mol. The Morgan fingerprint density at radius 2 is 2.33 bits per heavy atom. The number of aryl methyl sites for hydroxylation is 1. The molecule has 15 heavy (non-hydrogen) atoms. The number of carbonyl (C=O) groups is 2. The summed E-state index contributed by atoms with van der Waals surface area (Å²) in [4.78, 5) is 21.7. The lowest BCUT2D eigenvalue weighted by molar-refractivity contribution is -0.141. The molecule has 0 saturated heterocycles. The van der Waals surface area contributed by atoms with Gasteiger partial charge in [-0.05, 0) is 13.0 Å². The Hall–Kier alpha value is -1.85. The number of hydrogen-bond acceptors (Lipinski definition) is 3. The molecule has 0 saturated carbocycles. The lowest BCUT2D eigenvalue weighted by Crippen LogP contribution is -2.38. The smallest absolute Gasteiger partial charge is 0.325 e. The van der Waals surface area contributed by atoms with E-state index >= 15 is 0 Å². The monoisotopic (exact) mass is 211 g/mol.